The molecule has 4 heterocycles. The van der Waals surface area contributed by atoms with Crippen molar-refractivity contribution in [3.8, 4) is 34.0 Å². The molecule has 3 aromatic rings. The average Bonchev–Trinajstić information content (AvgIpc) is 3.19. The number of fused-ring (bicyclic) bond motifs is 2. The van der Waals surface area contributed by atoms with Crippen LogP contribution < -0.4 is 10.1 Å². The second-order valence-electron chi connectivity index (χ2n) is 8.04. The summed E-state index contributed by atoms with van der Waals surface area (Å²) in [6.45, 7) is 1.84. The quantitative estimate of drug-likeness (QED) is 0.675. The highest BCUT2D eigenvalue weighted by atomic mass is 19.1. The van der Waals surface area contributed by atoms with Gasteiger partial charge >= 0.3 is 0 Å². The highest BCUT2D eigenvalue weighted by Gasteiger charge is 2.41. The van der Waals surface area contributed by atoms with Crippen molar-refractivity contribution in [1.29, 1.82) is 0 Å². The number of nitrogens with zero attached hydrogens (tertiary/aromatic N) is 3. The molecule has 2 bridgehead atoms. The third-order valence-corrected chi connectivity index (χ3v) is 6.02. The zero-order chi connectivity index (χ0) is 20.7. The number of phenolic OH excluding ortho intramolecular Hbond substituents is 1. The van der Waals surface area contributed by atoms with Gasteiger partial charge in [-0.1, -0.05) is 17.6 Å². The molecule has 4 atom stereocenters. The lowest BCUT2D eigenvalue weighted by atomic mass is 9.84. The molecule has 0 radical (unpaired) electrons. The van der Waals surface area contributed by atoms with E-state index >= 15 is 0 Å². The van der Waals surface area contributed by atoms with Crippen molar-refractivity contribution in [2.75, 3.05) is 0 Å². The predicted molar refractivity (Wildman–Crippen MR) is 108 cm³/mol. The van der Waals surface area contributed by atoms with Crippen LogP contribution in [0.15, 0.2) is 41.1 Å². The van der Waals surface area contributed by atoms with Crippen LogP contribution in [0.4, 0.5) is 4.39 Å². The molecular weight excluding hydrogens is 387 g/mol. The molecule has 156 valence electrons. The standard InChI is InChI=1S/C22H23FN4O3/c1-12-16(11-29-27-12)13-5-6-15(19(28)9-13)17-7-8-21(26-25-17)30-20-10-14-3-2-4-18(24-14)22(20)23/h5-9,11,14,18,20,22,24,28H,2-4,10H2,1H3/t14-,18+,20-,22+/m0/s1. The van der Waals surface area contributed by atoms with Gasteiger partial charge in [0.15, 0.2) is 6.17 Å². The molecule has 2 aromatic heterocycles. The first kappa shape index (κ1) is 19.0. The van der Waals surface area contributed by atoms with Crippen LogP contribution >= 0.6 is 0 Å². The number of alkyl halides is 1. The topological polar surface area (TPSA) is 93.3 Å². The summed E-state index contributed by atoms with van der Waals surface area (Å²) < 4.78 is 25.5. The van der Waals surface area contributed by atoms with Crippen LogP contribution in [0.5, 0.6) is 11.6 Å². The van der Waals surface area contributed by atoms with Crippen LogP contribution in [-0.4, -0.2) is 44.8 Å². The molecule has 0 spiro atoms. The maximum atomic E-state index is 14.7. The molecule has 2 N–H and O–H groups in total. The number of aryl methyl sites for hydroxylation is 1. The average molecular weight is 410 g/mol. The van der Waals surface area contributed by atoms with E-state index in [9.17, 15) is 9.50 Å². The Balaban J connectivity index is 1.32. The van der Waals surface area contributed by atoms with Gasteiger partial charge in [-0.3, -0.25) is 0 Å². The normalized spacial score (nSPS) is 25.8. The molecule has 0 saturated carbocycles. The Morgan fingerprint density at radius 1 is 1.17 bits per heavy atom. The molecule has 5 rings (SSSR count). The summed E-state index contributed by atoms with van der Waals surface area (Å²) in [4.78, 5) is 0. The van der Waals surface area contributed by atoms with Crippen molar-refractivity contribution in [2.45, 2.75) is 57.0 Å². The minimum atomic E-state index is -1.06. The Bertz CT molecular complexity index is 1040. The van der Waals surface area contributed by atoms with E-state index in [4.69, 9.17) is 9.26 Å². The molecule has 0 unspecified atom stereocenters. The number of rotatable bonds is 4. The van der Waals surface area contributed by atoms with Gasteiger partial charge in [-0.05, 0) is 43.5 Å². The monoisotopic (exact) mass is 410 g/mol. The zero-order valence-electron chi connectivity index (χ0n) is 16.6. The van der Waals surface area contributed by atoms with Gasteiger partial charge in [-0.15, -0.1) is 10.2 Å². The van der Waals surface area contributed by atoms with Crippen LogP contribution in [0.25, 0.3) is 22.4 Å². The lowest BCUT2D eigenvalue weighted by Gasteiger charge is -2.42. The number of piperidine rings is 2. The molecule has 2 aliphatic rings. The Labute approximate surface area is 173 Å². The number of hydrogen-bond donors (Lipinski definition) is 2. The highest BCUT2D eigenvalue weighted by molar-refractivity contribution is 5.74. The molecule has 30 heavy (non-hydrogen) atoms. The van der Waals surface area contributed by atoms with Gasteiger partial charge in [0, 0.05) is 35.7 Å². The number of ether oxygens (including phenoxy) is 1. The summed E-state index contributed by atoms with van der Waals surface area (Å²) in [5.41, 5.74) is 3.42. The van der Waals surface area contributed by atoms with Crippen LogP contribution in [0.2, 0.25) is 0 Å². The van der Waals surface area contributed by atoms with Crippen molar-refractivity contribution < 1.29 is 18.8 Å². The smallest absolute Gasteiger partial charge is 0.233 e. The molecule has 7 nitrogen and oxygen atoms in total. The minimum absolute atomic E-state index is 0.0751. The molecule has 2 aliphatic heterocycles. The fraction of sp³-hybridized carbons (Fsp3) is 0.409. The van der Waals surface area contributed by atoms with E-state index < -0.39 is 12.3 Å². The molecular formula is C22H23FN4O3. The first-order valence-corrected chi connectivity index (χ1v) is 10.2. The van der Waals surface area contributed by atoms with Crippen LogP contribution in [0.3, 0.4) is 0 Å². The van der Waals surface area contributed by atoms with E-state index in [0.717, 1.165) is 36.1 Å². The second kappa shape index (κ2) is 7.68. The van der Waals surface area contributed by atoms with E-state index in [1.165, 1.54) is 0 Å². The van der Waals surface area contributed by atoms with Crippen molar-refractivity contribution in [2.24, 2.45) is 0 Å². The summed E-state index contributed by atoms with van der Waals surface area (Å²) in [5, 5.41) is 26.0. The summed E-state index contributed by atoms with van der Waals surface area (Å²) in [6, 6.07) is 8.83. The van der Waals surface area contributed by atoms with Gasteiger partial charge in [-0.25, -0.2) is 4.39 Å². The van der Waals surface area contributed by atoms with Crippen LogP contribution in [0.1, 0.15) is 31.4 Å². The lowest BCUT2D eigenvalue weighted by molar-refractivity contribution is 0.00652. The van der Waals surface area contributed by atoms with Gasteiger partial charge < -0.3 is 19.7 Å². The molecule has 1 aromatic carbocycles. The Morgan fingerprint density at radius 2 is 2.07 bits per heavy atom. The fourth-order valence-corrected chi connectivity index (χ4v) is 4.44. The van der Waals surface area contributed by atoms with Crippen molar-refractivity contribution in [3.05, 3.63) is 42.3 Å². The van der Waals surface area contributed by atoms with Gasteiger partial charge in [0.25, 0.3) is 0 Å². The Morgan fingerprint density at radius 3 is 2.80 bits per heavy atom. The van der Waals surface area contributed by atoms with Crippen LogP contribution in [-0.2, 0) is 0 Å². The molecule has 2 saturated heterocycles. The number of nitrogens with one attached hydrogen (secondary N) is 1. The van der Waals surface area contributed by atoms with E-state index in [1.807, 2.05) is 13.0 Å². The molecule has 8 heteroatoms. The molecule has 2 fully saturated rings. The fourth-order valence-electron chi connectivity index (χ4n) is 4.44. The van der Waals surface area contributed by atoms with E-state index in [1.54, 1.807) is 30.5 Å². The van der Waals surface area contributed by atoms with Crippen molar-refractivity contribution >= 4 is 0 Å². The van der Waals surface area contributed by atoms with Gasteiger partial charge in [0.2, 0.25) is 5.88 Å². The Hall–Kier alpha value is -3.00. The van der Waals surface area contributed by atoms with Crippen LogP contribution in [0, 0.1) is 6.92 Å². The van der Waals surface area contributed by atoms with E-state index in [2.05, 4.69) is 20.7 Å². The zero-order valence-corrected chi connectivity index (χ0v) is 16.6. The number of halogens is 1. The van der Waals surface area contributed by atoms with E-state index in [-0.39, 0.29) is 11.8 Å². The first-order chi connectivity index (χ1) is 14.6. The third-order valence-electron chi connectivity index (χ3n) is 6.02. The van der Waals surface area contributed by atoms with Crippen molar-refractivity contribution in [1.82, 2.24) is 20.7 Å². The van der Waals surface area contributed by atoms with Crippen molar-refractivity contribution in [3.63, 3.8) is 0 Å². The number of benzene rings is 1. The largest absolute Gasteiger partial charge is 0.507 e. The number of phenols is 1. The number of hydrogen-bond acceptors (Lipinski definition) is 7. The van der Waals surface area contributed by atoms with Gasteiger partial charge in [-0.2, -0.15) is 0 Å². The first-order valence-electron chi connectivity index (χ1n) is 10.2. The second-order valence-corrected chi connectivity index (χ2v) is 8.04. The predicted octanol–water partition coefficient (Wildman–Crippen LogP) is 3.81. The molecule has 0 amide bonds. The highest BCUT2D eigenvalue weighted by Crippen LogP contribution is 2.34. The summed E-state index contributed by atoms with van der Waals surface area (Å²) in [6.07, 6.45) is 3.56. The summed E-state index contributed by atoms with van der Waals surface area (Å²) in [7, 11) is 0. The van der Waals surface area contributed by atoms with E-state index in [0.29, 0.717) is 29.6 Å². The number of aromatic nitrogens is 3. The number of aromatic hydroxyl groups is 1. The lowest BCUT2D eigenvalue weighted by Crippen LogP contribution is -2.59. The van der Waals surface area contributed by atoms with Gasteiger partial charge in [0.1, 0.15) is 18.1 Å². The maximum Gasteiger partial charge on any atom is 0.233 e. The third kappa shape index (κ3) is 3.52. The van der Waals surface area contributed by atoms with Gasteiger partial charge in [0.05, 0.1) is 11.4 Å². The summed E-state index contributed by atoms with van der Waals surface area (Å²) >= 11 is 0. The summed E-state index contributed by atoms with van der Waals surface area (Å²) in [5.74, 6) is 0.369. The maximum absolute atomic E-state index is 14.7. The SMILES string of the molecule is Cc1nocc1-c1ccc(-c2ccc(O[C@H]3C[C@@H]4CCC[C@@H](N4)[C@H]3F)nn2)c(O)c1. The minimum Gasteiger partial charge on any atom is -0.507 e. The Kier molecular flexibility index (Phi) is 4.86. The molecule has 0 aliphatic carbocycles.